The van der Waals surface area contributed by atoms with E-state index in [0.717, 1.165) is 11.3 Å². The first-order valence-electron chi connectivity index (χ1n) is 7.43. The van der Waals surface area contributed by atoms with Crippen LogP contribution in [0.3, 0.4) is 0 Å². The van der Waals surface area contributed by atoms with Crippen molar-refractivity contribution in [3.8, 4) is 11.8 Å². The fourth-order valence-electron chi connectivity index (χ4n) is 2.57. The third-order valence-corrected chi connectivity index (χ3v) is 4.25. The number of nitrogens with one attached hydrogen (secondary N) is 1. The highest BCUT2D eigenvalue weighted by Gasteiger charge is 2.14. The van der Waals surface area contributed by atoms with Crippen LogP contribution >= 0.6 is 11.6 Å². The molecule has 0 aliphatic heterocycles. The number of nitriles is 1. The van der Waals surface area contributed by atoms with Gasteiger partial charge in [0.25, 0.3) is 0 Å². The van der Waals surface area contributed by atoms with Gasteiger partial charge in [-0.1, -0.05) is 11.6 Å². The molecule has 126 valence electrons. The van der Waals surface area contributed by atoms with Crippen molar-refractivity contribution in [3.05, 3.63) is 46.6 Å². The van der Waals surface area contributed by atoms with Gasteiger partial charge >= 0.3 is 0 Å². The van der Waals surface area contributed by atoms with Gasteiger partial charge < -0.3 is 21.5 Å². The monoisotopic (exact) mass is 353 g/mol. The highest BCUT2D eigenvalue weighted by atomic mass is 35.5. The van der Waals surface area contributed by atoms with Gasteiger partial charge in [-0.05, 0) is 30.7 Å². The van der Waals surface area contributed by atoms with Crippen LogP contribution in [0.25, 0.3) is 10.9 Å². The van der Waals surface area contributed by atoms with Crippen LogP contribution in [0.15, 0.2) is 30.5 Å². The summed E-state index contributed by atoms with van der Waals surface area (Å²) >= 11 is 6.15. The number of rotatable bonds is 3. The molecule has 0 radical (unpaired) electrons. The Bertz CT molecular complexity index is 1030. The smallest absolute Gasteiger partial charge is 0.139 e. The highest BCUT2D eigenvalue weighted by Crippen LogP contribution is 2.36. The molecule has 3 aromatic rings. The van der Waals surface area contributed by atoms with Gasteiger partial charge in [-0.25, -0.2) is 0 Å². The molecular formula is C18H16ClN5O. The second-order valence-electron chi connectivity index (χ2n) is 5.58. The largest absolute Gasteiger partial charge is 0.495 e. The van der Waals surface area contributed by atoms with E-state index < -0.39 is 0 Å². The molecule has 3 rings (SSSR count). The summed E-state index contributed by atoms with van der Waals surface area (Å²) in [6, 6.07) is 9.13. The molecule has 7 heteroatoms. The van der Waals surface area contributed by atoms with Crippen molar-refractivity contribution < 1.29 is 4.74 Å². The maximum atomic E-state index is 9.46. The molecule has 0 saturated heterocycles. The summed E-state index contributed by atoms with van der Waals surface area (Å²) in [6.07, 6.45) is 1.50. The molecule has 0 spiro atoms. The van der Waals surface area contributed by atoms with Crippen LogP contribution in [0.1, 0.15) is 11.1 Å². The molecule has 25 heavy (non-hydrogen) atoms. The van der Waals surface area contributed by atoms with Gasteiger partial charge in [-0.3, -0.25) is 4.98 Å². The quantitative estimate of drug-likeness (QED) is 0.614. The Balaban J connectivity index is 2.22. The number of pyridine rings is 1. The van der Waals surface area contributed by atoms with Gasteiger partial charge in [0.2, 0.25) is 0 Å². The van der Waals surface area contributed by atoms with Crippen molar-refractivity contribution in [2.24, 2.45) is 0 Å². The van der Waals surface area contributed by atoms with Gasteiger partial charge in [-0.15, -0.1) is 0 Å². The first-order valence-corrected chi connectivity index (χ1v) is 7.81. The molecule has 0 atom stereocenters. The molecule has 0 aliphatic rings. The van der Waals surface area contributed by atoms with E-state index in [1.54, 1.807) is 31.4 Å². The summed E-state index contributed by atoms with van der Waals surface area (Å²) in [6.45, 7) is 1.91. The molecule has 6 nitrogen and oxygen atoms in total. The molecule has 1 heterocycles. The van der Waals surface area contributed by atoms with Gasteiger partial charge in [0, 0.05) is 23.3 Å². The number of nitrogens with zero attached hydrogens (tertiary/aromatic N) is 2. The number of hydrogen-bond acceptors (Lipinski definition) is 6. The van der Waals surface area contributed by atoms with Crippen LogP contribution in [-0.2, 0) is 0 Å². The van der Waals surface area contributed by atoms with Crippen LogP contribution in [0.5, 0.6) is 5.75 Å². The second kappa shape index (κ2) is 6.38. The van der Waals surface area contributed by atoms with Crippen molar-refractivity contribution in [2.45, 2.75) is 6.92 Å². The molecule has 0 bridgehead atoms. The normalized spacial score (nSPS) is 10.5. The Labute approximate surface area is 150 Å². The predicted octanol–water partition coefficient (Wildman–Crippen LogP) is 3.98. The van der Waals surface area contributed by atoms with E-state index in [4.69, 9.17) is 27.8 Å². The topological polar surface area (TPSA) is 110 Å². The summed E-state index contributed by atoms with van der Waals surface area (Å²) in [4.78, 5) is 4.28. The standard InChI is InChI=1S/C18H16ClN5O/c1-9-3-12(19)17(25-2)6-15(9)24-18-10(7-20)8-23-16-5-14(22)13(21)4-11(16)18/h3-6,8H,21-22H2,1-2H3,(H,23,24). The number of aryl methyl sites for hydroxylation is 1. The Morgan fingerprint density at radius 2 is 1.92 bits per heavy atom. The van der Waals surface area contributed by atoms with Crippen LogP contribution in [0.4, 0.5) is 22.7 Å². The van der Waals surface area contributed by atoms with E-state index in [1.165, 1.54) is 6.20 Å². The lowest BCUT2D eigenvalue weighted by Crippen LogP contribution is -2.01. The number of benzene rings is 2. The minimum Gasteiger partial charge on any atom is -0.495 e. The minimum atomic E-state index is 0.394. The number of ether oxygens (including phenoxy) is 1. The molecule has 0 saturated carbocycles. The fraction of sp³-hybridized carbons (Fsp3) is 0.111. The summed E-state index contributed by atoms with van der Waals surface area (Å²) < 4.78 is 5.27. The molecule has 5 N–H and O–H groups in total. The number of anilines is 4. The number of hydrogen-bond donors (Lipinski definition) is 3. The molecule has 2 aromatic carbocycles. The van der Waals surface area contributed by atoms with E-state index in [2.05, 4.69) is 16.4 Å². The number of aromatic nitrogens is 1. The van der Waals surface area contributed by atoms with Crippen molar-refractivity contribution in [2.75, 3.05) is 23.9 Å². The van der Waals surface area contributed by atoms with E-state index in [1.807, 2.05) is 6.92 Å². The van der Waals surface area contributed by atoms with Crippen LogP contribution in [0.2, 0.25) is 5.02 Å². The lowest BCUT2D eigenvalue weighted by Gasteiger charge is -2.16. The third kappa shape index (κ3) is 2.97. The average Bonchev–Trinajstić information content (AvgIpc) is 2.58. The molecule has 0 aliphatic carbocycles. The summed E-state index contributed by atoms with van der Waals surface area (Å²) in [5, 5.41) is 14.0. The SMILES string of the molecule is COc1cc(Nc2c(C#N)cnc3cc(N)c(N)cc23)c(C)cc1Cl. The van der Waals surface area contributed by atoms with Crippen molar-refractivity contribution in [1.82, 2.24) is 4.98 Å². The second-order valence-corrected chi connectivity index (χ2v) is 5.99. The van der Waals surface area contributed by atoms with E-state index >= 15 is 0 Å². The predicted molar refractivity (Wildman–Crippen MR) is 101 cm³/mol. The van der Waals surface area contributed by atoms with Gasteiger partial charge in [0.15, 0.2) is 0 Å². The molecule has 0 fully saturated rings. The molecule has 0 amide bonds. The van der Waals surface area contributed by atoms with Crippen molar-refractivity contribution >= 4 is 45.3 Å². The molecule has 1 aromatic heterocycles. The maximum absolute atomic E-state index is 9.46. The average molecular weight is 354 g/mol. The molecule has 0 unspecified atom stereocenters. The van der Waals surface area contributed by atoms with Crippen molar-refractivity contribution in [3.63, 3.8) is 0 Å². The first-order chi connectivity index (χ1) is 11.9. The van der Waals surface area contributed by atoms with Crippen LogP contribution in [-0.4, -0.2) is 12.1 Å². The lowest BCUT2D eigenvalue weighted by atomic mass is 10.1. The van der Waals surface area contributed by atoms with E-state index in [9.17, 15) is 5.26 Å². The van der Waals surface area contributed by atoms with Crippen LogP contribution < -0.4 is 21.5 Å². The summed E-state index contributed by atoms with van der Waals surface area (Å²) in [5.74, 6) is 0.537. The summed E-state index contributed by atoms with van der Waals surface area (Å²) in [7, 11) is 1.55. The Kier molecular flexibility index (Phi) is 4.26. The summed E-state index contributed by atoms with van der Waals surface area (Å²) in [5.41, 5.74) is 16.0. The minimum absolute atomic E-state index is 0.394. The first kappa shape index (κ1) is 16.7. The van der Waals surface area contributed by atoms with Crippen molar-refractivity contribution in [1.29, 1.82) is 5.26 Å². The van der Waals surface area contributed by atoms with Crippen LogP contribution in [0, 0.1) is 18.3 Å². The zero-order valence-corrected chi connectivity index (χ0v) is 14.5. The molecular weight excluding hydrogens is 338 g/mol. The number of halogens is 1. The van der Waals surface area contributed by atoms with E-state index in [-0.39, 0.29) is 0 Å². The van der Waals surface area contributed by atoms with Gasteiger partial charge in [0.1, 0.15) is 11.8 Å². The number of nitrogens with two attached hydrogens (primary N) is 2. The third-order valence-electron chi connectivity index (χ3n) is 3.95. The van der Waals surface area contributed by atoms with Gasteiger partial charge in [0.05, 0.1) is 40.3 Å². The Hall–Kier alpha value is -3.17. The number of nitrogen functional groups attached to an aromatic ring is 2. The van der Waals surface area contributed by atoms with Gasteiger partial charge in [-0.2, -0.15) is 5.26 Å². The fourth-order valence-corrected chi connectivity index (χ4v) is 2.87. The lowest BCUT2D eigenvalue weighted by molar-refractivity contribution is 0.415. The zero-order chi connectivity index (χ0) is 18.1. The van der Waals surface area contributed by atoms with E-state index in [0.29, 0.717) is 44.3 Å². The Morgan fingerprint density at radius 3 is 2.60 bits per heavy atom. The maximum Gasteiger partial charge on any atom is 0.139 e. The Morgan fingerprint density at radius 1 is 1.20 bits per heavy atom. The number of fused-ring (bicyclic) bond motifs is 1. The zero-order valence-electron chi connectivity index (χ0n) is 13.7. The number of methoxy groups -OCH3 is 1. The highest BCUT2D eigenvalue weighted by molar-refractivity contribution is 6.32.